The van der Waals surface area contributed by atoms with Gasteiger partial charge >= 0.3 is 0 Å². The van der Waals surface area contributed by atoms with Crippen LogP contribution in [0.4, 0.5) is 5.69 Å². The molecule has 110 valence electrons. The zero-order valence-corrected chi connectivity index (χ0v) is 13.4. The van der Waals surface area contributed by atoms with Crippen molar-refractivity contribution in [3.05, 3.63) is 23.8 Å². The molecular weight excluding hydrogens is 246 g/mol. The van der Waals surface area contributed by atoms with Gasteiger partial charge in [-0.2, -0.15) is 0 Å². The Balaban J connectivity index is 1.88. The molecule has 2 nitrogen and oxygen atoms in total. The lowest BCUT2D eigenvalue weighted by Crippen LogP contribution is -2.45. The van der Waals surface area contributed by atoms with Gasteiger partial charge < -0.3 is 10.1 Å². The SMILES string of the molecule is COc1ccc(NC2C3(C)CCC(C3)C2(C)C)c(C)c1. The fraction of sp³-hybridized carbons (Fsp3) is 0.667. The number of aryl methyl sites for hydroxylation is 1. The molecule has 1 aromatic rings. The second kappa shape index (κ2) is 4.41. The molecule has 2 saturated carbocycles. The van der Waals surface area contributed by atoms with E-state index in [9.17, 15) is 0 Å². The summed E-state index contributed by atoms with van der Waals surface area (Å²) in [6.45, 7) is 9.52. The first-order chi connectivity index (χ1) is 9.37. The number of hydrogen-bond acceptors (Lipinski definition) is 2. The Morgan fingerprint density at radius 2 is 2.00 bits per heavy atom. The van der Waals surface area contributed by atoms with Crippen molar-refractivity contribution in [2.75, 3.05) is 12.4 Å². The summed E-state index contributed by atoms with van der Waals surface area (Å²) >= 11 is 0. The fourth-order valence-corrected chi connectivity index (χ4v) is 4.74. The van der Waals surface area contributed by atoms with Gasteiger partial charge in [-0.1, -0.05) is 20.8 Å². The lowest BCUT2D eigenvalue weighted by atomic mass is 9.68. The minimum atomic E-state index is 0.388. The number of hydrogen-bond donors (Lipinski definition) is 1. The molecule has 0 spiro atoms. The van der Waals surface area contributed by atoms with E-state index in [4.69, 9.17) is 4.74 Å². The third kappa shape index (κ3) is 1.92. The summed E-state index contributed by atoms with van der Waals surface area (Å²) in [4.78, 5) is 0. The van der Waals surface area contributed by atoms with Gasteiger partial charge in [0.25, 0.3) is 0 Å². The van der Waals surface area contributed by atoms with Gasteiger partial charge in [-0.3, -0.25) is 0 Å². The standard InChI is InChI=1S/C18H27NO/c1-12-10-14(20-5)6-7-15(12)19-16-17(2,3)13-8-9-18(16,4)11-13/h6-7,10,13,16,19H,8-9,11H2,1-5H3. The Labute approximate surface area is 122 Å². The molecular formula is C18H27NO. The van der Waals surface area contributed by atoms with Gasteiger partial charge in [-0.15, -0.1) is 0 Å². The van der Waals surface area contributed by atoms with Crippen LogP contribution in [0.1, 0.15) is 45.6 Å². The highest BCUT2D eigenvalue weighted by molar-refractivity contribution is 5.55. The molecule has 0 radical (unpaired) electrons. The van der Waals surface area contributed by atoms with Crippen LogP contribution in [0, 0.1) is 23.7 Å². The van der Waals surface area contributed by atoms with E-state index < -0.39 is 0 Å². The topological polar surface area (TPSA) is 21.3 Å². The molecule has 1 N–H and O–H groups in total. The highest BCUT2D eigenvalue weighted by Gasteiger charge is 2.59. The average Bonchev–Trinajstić information content (AvgIpc) is 2.87. The van der Waals surface area contributed by atoms with E-state index in [0.717, 1.165) is 11.7 Å². The van der Waals surface area contributed by atoms with Crippen LogP contribution in [0.15, 0.2) is 18.2 Å². The van der Waals surface area contributed by atoms with Gasteiger partial charge in [0, 0.05) is 11.7 Å². The molecule has 3 rings (SSSR count). The first-order valence-corrected chi connectivity index (χ1v) is 7.78. The monoisotopic (exact) mass is 273 g/mol. The predicted molar refractivity (Wildman–Crippen MR) is 84.4 cm³/mol. The Morgan fingerprint density at radius 1 is 1.25 bits per heavy atom. The number of benzene rings is 1. The highest BCUT2D eigenvalue weighted by atomic mass is 16.5. The minimum Gasteiger partial charge on any atom is -0.497 e. The molecule has 0 saturated heterocycles. The van der Waals surface area contributed by atoms with Gasteiger partial charge in [0.15, 0.2) is 0 Å². The van der Waals surface area contributed by atoms with E-state index in [1.165, 1.54) is 30.5 Å². The third-order valence-corrected chi connectivity index (χ3v) is 6.00. The largest absolute Gasteiger partial charge is 0.497 e. The summed E-state index contributed by atoms with van der Waals surface area (Å²) in [7, 11) is 1.72. The van der Waals surface area contributed by atoms with Crippen LogP contribution >= 0.6 is 0 Å². The third-order valence-electron chi connectivity index (χ3n) is 6.00. The van der Waals surface area contributed by atoms with E-state index in [1.54, 1.807) is 7.11 Å². The smallest absolute Gasteiger partial charge is 0.119 e. The van der Waals surface area contributed by atoms with E-state index >= 15 is 0 Å². The zero-order valence-electron chi connectivity index (χ0n) is 13.4. The van der Waals surface area contributed by atoms with Crippen LogP contribution in [0.2, 0.25) is 0 Å². The van der Waals surface area contributed by atoms with Crippen LogP contribution in [0.5, 0.6) is 5.75 Å². The minimum absolute atomic E-state index is 0.388. The maximum atomic E-state index is 5.30. The van der Waals surface area contributed by atoms with Crippen LogP contribution in [-0.2, 0) is 0 Å². The second-order valence-corrected chi connectivity index (χ2v) is 7.67. The second-order valence-electron chi connectivity index (χ2n) is 7.67. The van der Waals surface area contributed by atoms with Crippen LogP contribution < -0.4 is 10.1 Å². The summed E-state index contributed by atoms with van der Waals surface area (Å²) in [5, 5.41) is 3.87. The van der Waals surface area contributed by atoms with E-state index in [-0.39, 0.29) is 0 Å². The molecule has 2 aliphatic carbocycles. The lowest BCUT2D eigenvalue weighted by molar-refractivity contribution is 0.155. The molecule has 0 amide bonds. The summed E-state index contributed by atoms with van der Waals surface area (Å²) in [5.41, 5.74) is 3.38. The van der Waals surface area contributed by atoms with Crippen LogP contribution in [0.25, 0.3) is 0 Å². The quantitative estimate of drug-likeness (QED) is 0.867. The van der Waals surface area contributed by atoms with Gasteiger partial charge in [0.2, 0.25) is 0 Å². The average molecular weight is 273 g/mol. The Morgan fingerprint density at radius 3 is 2.55 bits per heavy atom. The number of anilines is 1. The molecule has 3 atom stereocenters. The van der Waals surface area contributed by atoms with Gasteiger partial charge in [0.1, 0.15) is 5.75 Å². The fourth-order valence-electron chi connectivity index (χ4n) is 4.74. The van der Waals surface area contributed by atoms with Crippen LogP contribution in [-0.4, -0.2) is 13.2 Å². The molecule has 0 aliphatic heterocycles. The van der Waals surface area contributed by atoms with Crippen molar-refractivity contribution >= 4 is 5.69 Å². The molecule has 1 aromatic carbocycles. The molecule has 2 aliphatic rings. The van der Waals surface area contributed by atoms with Crippen molar-refractivity contribution in [2.24, 2.45) is 16.7 Å². The molecule has 2 fully saturated rings. The number of ether oxygens (including phenoxy) is 1. The summed E-state index contributed by atoms with van der Waals surface area (Å²) in [6.07, 6.45) is 4.16. The zero-order chi connectivity index (χ0) is 14.5. The maximum absolute atomic E-state index is 5.30. The van der Waals surface area contributed by atoms with Gasteiger partial charge in [0.05, 0.1) is 7.11 Å². The van der Waals surface area contributed by atoms with E-state index in [2.05, 4.69) is 51.2 Å². The summed E-state index contributed by atoms with van der Waals surface area (Å²) in [6, 6.07) is 6.91. The lowest BCUT2D eigenvalue weighted by Gasteiger charge is -2.44. The Kier molecular flexibility index (Phi) is 3.04. The van der Waals surface area contributed by atoms with Gasteiger partial charge in [-0.05, 0) is 66.7 Å². The van der Waals surface area contributed by atoms with Crippen molar-refractivity contribution < 1.29 is 4.74 Å². The molecule has 2 bridgehead atoms. The Hall–Kier alpha value is -1.18. The molecule has 20 heavy (non-hydrogen) atoms. The first kappa shape index (κ1) is 13.8. The molecule has 3 unspecified atom stereocenters. The summed E-state index contributed by atoms with van der Waals surface area (Å²) < 4.78 is 5.30. The van der Waals surface area contributed by atoms with E-state index in [1.807, 2.05) is 0 Å². The van der Waals surface area contributed by atoms with Crippen molar-refractivity contribution in [3.63, 3.8) is 0 Å². The molecule has 0 heterocycles. The maximum Gasteiger partial charge on any atom is 0.119 e. The van der Waals surface area contributed by atoms with Crippen molar-refractivity contribution in [1.29, 1.82) is 0 Å². The van der Waals surface area contributed by atoms with E-state index in [0.29, 0.717) is 16.9 Å². The molecule has 2 heteroatoms. The number of rotatable bonds is 3. The van der Waals surface area contributed by atoms with Crippen LogP contribution in [0.3, 0.4) is 0 Å². The van der Waals surface area contributed by atoms with Crippen molar-refractivity contribution in [2.45, 2.75) is 53.0 Å². The van der Waals surface area contributed by atoms with Crippen molar-refractivity contribution in [3.8, 4) is 5.75 Å². The predicted octanol–water partition coefficient (Wildman–Crippen LogP) is 4.63. The van der Waals surface area contributed by atoms with Gasteiger partial charge in [-0.25, -0.2) is 0 Å². The normalized spacial score (nSPS) is 34.2. The summed E-state index contributed by atoms with van der Waals surface area (Å²) in [5.74, 6) is 1.81. The number of nitrogens with one attached hydrogen (secondary N) is 1. The van der Waals surface area contributed by atoms with Crippen molar-refractivity contribution in [1.82, 2.24) is 0 Å². The Bertz CT molecular complexity index is 517. The highest BCUT2D eigenvalue weighted by Crippen LogP contribution is 2.63. The first-order valence-electron chi connectivity index (χ1n) is 7.78. The number of methoxy groups -OCH3 is 1. The molecule has 0 aromatic heterocycles. The number of fused-ring (bicyclic) bond motifs is 2.